The number of benzene rings is 1. The van der Waals surface area contributed by atoms with Crippen LogP contribution < -0.4 is 10.6 Å². The van der Waals surface area contributed by atoms with Crippen molar-refractivity contribution >= 4 is 23.5 Å². The number of carbonyl (C=O) groups is 3. The first kappa shape index (κ1) is 17.5. The fourth-order valence-corrected chi connectivity index (χ4v) is 3.52. The van der Waals surface area contributed by atoms with E-state index in [1.807, 2.05) is 32.0 Å². The molecule has 0 bridgehead atoms. The molecule has 1 aromatic rings. The molecule has 4 amide bonds. The van der Waals surface area contributed by atoms with Gasteiger partial charge in [-0.2, -0.15) is 0 Å². The number of imide groups is 1. The van der Waals surface area contributed by atoms with E-state index >= 15 is 0 Å². The number of urea groups is 1. The first-order valence-corrected chi connectivity index (χ1v) is 8.95. The Morgan fingerprint density at radius 1 is 1.24 bits per heavy atom. The van der Waals surface area contributed by atoms with Crippen molar-refractivity contribution in [3.05, 3.63) is 29.3 Å². The second kappa shape index (κ2) is 6.50. The quantitative estimate of drug-likeness (QED) is 0.779. The molecule has 0 spiro atoms. The molecule has 1 atom stereocenters. The summed E-state index contributed by atoms with van der Waals surface area (Å²) >= 11 is 0. The largest absolute Gasteiger partial charge is 0.325 e. The zero-order chi connectivity index (χ0) is 18.2. The van der Waals surface area contributed by atoms with Crippen LogP contribution in [0.4, 0.5) is 10.5 Å². The SMILES string of the molecule is CCc1cccc(CC)c1NC(=O)CN1C(=O)NC(C)(C2CC2)C1=O. The molecule has 1 aromatic carbocycles. The van der Waals surface area contributed by atoms with E-state index in [0.717, 1.165) is 47.4 Å². The van der Waals surface area contributed by atoms with E-state index in [1.54, 1.807) is 6.92 Å². The molecule has 1 aliphatic carbocycles. The summed E-state index contributed by atoms with van der Waals surface area (Å²) in [4.78, 5) is 38.3. The summed E-state index contributed by atoms with van der Waals surface area (Å²) in [7, 11) is 0. The van der Waals surface area contributed by atoms with E-state index < -0.39 is 11.6 Å². The molecular formula is C19H25N3O3. The van der Waals surface area contributed by atoms with E-state index in [0.29, 0.717) is 0 Å². The van der Waals surface area contributed by atoms with E-state index in [1.165, 1.54) is 0 Å². The lowest BCUT2D eigenvalue weighted by Crippen LogP contribution is -2.46. The molecule has 2 fully saturated rings. The van der Waals surface area contributed by atoms with Crippen molar-refractivity contribution in [3.63, 3.8) is 0 Å². The van der Waals surface area contributed by atoms with Crippen molar-refractivity contribution < 1.29 is 14.4 Å². The molecule has 2 aliphatic rings. The minimum Gasteiger partial charge on any atom is -0.324 e. The Bertz CT molecular complexity index is 704. The van der Waals surface area contributed by atoms with Crippen molar-refractivity contribution in [1.29, 1.82) is 0 Å². The van der Waals surface area contributed by atoms with Gasteiger partial charge >= 0.3 is 6.03 Å². The summed E-state index contributed by atoms with van der Waals surface area (Å²) in [6, 6.07) is 5.46. The van der Waals surface area contributed by atoms with E-state index in [-0.39, 0.29) is 24.3 Å². The van der Waals surface area contributed by atoms with Crippen molar-refractivity contribution in [3.8, 4) is 0 Å². The lowest BCUT2D eigenvalue weighted by molar-refractivity contribution is -0.134. The number of amides is 4. The van der Waals surface area contributed by atoms with Gasteiger partial charge < -0.3 is 10.6 Å². The van der Waals surface area contributed by atoms with Gasteiger partial charge in [0.05, 0.1) is 0 Å². The molecule has 1 heterocycles. The molecule has 3 rings (SSSR count). The number of anilines is 1. The minimum absolute atomic E-state index is 0.185. The lowest BCUT2D eigenvalue weighted by atomic mass is 9.96. The van der Waals surface area contributed by atoms with Gasteiger partial charge in [-0.25, -0.2) is 4.79 Å². The maximum atomic E-state index is 12.6. The van der Waals surface area contributed by atoms with Gasteiger partial charge in [0, 0.05) is 5.69 Å². The van der Waals surface area contributed by atoms with Crippen LogP contribution in [0.1, 0.15) is 44.7 Å². The van der Waals surface area contributed by atoms with Crippen LogP contribution in [-0.2, 0) is 22.4 Å². The number of rotatable bonds is 6. The predicted molar refractivity (Wildman–Crippen MR) is 95.2 cm³/mol. The van der Waals surface area contributed by atoms with Crippen LogP contribution in [0.15, 0.2) is 18.2 Å². The highest BCUT2D eigenvalue weighted by Crippen LogP contribution is 2.42. The highest BCUT2D eigenvalue weighted by molar-refractivity contribution is 6.10. The van der Waals surface area contributed by atoms with E-state index in [9.17, 15) is 14.4 Å². The second-order valence-electron chi connectivity index (χ2n) is 7.00. The summed E-state index contributed by atoms with van der Waals surface area (Å²) in [5, 5.41) is 5.67. The summed E-state index contributed by atoms with van der Waals surface area (Å²) in [6.07, 6.45) is 3.47. The van der Waals surface area contributed by atoms with Crippen molar-refractivity contribution in [2.45, 2.75) is 52.0 Å². The first-order valence-electron chi connectivity index (χ1n) is 8.95. The minimum atomic E-state index is -0.854. The zero-order valence-electron chi connectivity index (χ0n) is 15.0. The number of para-hydroxylation sites is 1. The molecule has 1 saturated carbocycles. The molecule has 6 heteroatoms. The molecule has 6 nitrogen and oxygen atoms in total. The Balaban J connectivity index is 1.73. The highest BCUT2D eigenvalue weighted by Gasteiger charge is 2.56. The molecule has 2 N–H and O–H groups in total. The van der Waals surface area contributed by atoms with Gasteiger partial charge in [-0.15, -0.1) is 0 Å². The van der Waals surface area contributed by atoms with Crippen LogP contribution in [0.25, 0.3) is 0 Å². The molecule has 25 heavy (non-hydrogen) atoms. The number of carbonyl (C=O) groups excluding carboxylic acids is 3. The number of nitrogens with one attached hydrogen (secondary N) is 2. The van der Waals surface area contributed by atoms with Crippen LogP contribution in [0.3, 0.4) is 0 Å². The second-order valence-corrected chi connectivity index (χ2v) is 7.00. The smallest absolute Gasteiger partial charge is 0.324 e. The fraction of sp³-hybridized carbons (Fsp3) is 0.526. The van der Waals surface area contributed by atoms with Gasteiger partial charge in [-0.3, -0.25) is 14.5 Å². The van der Waals surface area contributed by atoms with Gasteiger partial charge in [-0.1, -0.05) is 32.0 Å². The fourth-order valence-electron chi connectivity index (χ4n) is 3.52. The third-order valence-corrected chi connectivity index (χ3v) is 5.26. The van der Waals surface area contributed by atoms with Gasteiger partial charge in [0.2, 0.25) is 5.91 Å². The Morgan fingerprint density at radius 3 is 2.36 bits per heavy atom. The number of hydrogen-bond donors (Lipinski definition) is 2. The third kappa shape index (κ3) is 3.13. The average molecular weight is 343 g/mol. The topological polar surface area (TPSA) is 78.5 Å². The molecule has 0 aromatic heterocycles. The van der Waals surface area contributed by atoms with Crippen LogP contribution in [0.2, 0.25) is 0 Å². The normalized spacial score (nSPS) is 22.9. The van der Waals surface area contributed by atoms with Crippen molar-refractivity contribution in [2.24, 2.45) is 5.92 Å². The molecular weight excluding hydrogens is 318 g/mol. The summed E-state index contributed by atoms with van der Waals surface area (Å²) in [5.74, 6) is -0.460. The highest BCUT2D eigenvalue weighted by atomic mass is 16.2. The molecule has 134 valence electrons. The van der Waals surface area contributed by atoms with Crippen LogP contribution in [0, 0.1) is 5.92 Å². The summed E-state index contributed by atoms with van der Waals surface area (Å²) < 4.78 is 0. The third-order valence-electron chi connectivity index (χ3n) is 5.26. The monoisotopic (exact) mass is 343 g/mol. The standard InChI is InChI=1S/C19H25N3O3/c1-4-12-7-6-8-13(5-2)16(12)20-15(23)11-22-17(24)19(3,14-9-10-14)21-18(22)25/h6-8,14H,4-5,9-11H2,1-3H3,(H,20,23)(H,21,25). The molecule has 1 saturated heterocycles. The lowest BCUT2D eigenvalue weighted by Gasteiger charge is -2.21. The van der Waals surface area contributed by atoms with Crippen LogP contribution >= 0.6 is 0 Å². The summed E-state index contributed by atoms with van der Waals surface area (Å²) in [5.41, 5.74) is 2.04. The zero-order valence-corrected chi connectivity index (χ0v) is 15.0. The van der Waals surface area contributed by atoms with Gasteiger partial charge in [-0.05, 0) is 49.7 Å². The Morgan fingerprint density at radius 2 is 1.84 bits per heavy atom. The van der Waals surface area contributed by atoms with E-state index in [2.05, 4.69) is 10.6 Å². The van der Waals surface area contributed by atoms with Crippen molar-refractivity contribution in [1.82, 2.24) is 10.2 Å². The predicted octanol–water partition coefficient (Wildman–Crippen LogP) is 2.47. The maximum absolute atomic E-state index is 12.6. The number of hydrogen-bond acceptors (Lipinski definition) is 3. The Labute approximate surface area is 148 Å². The summed E-state index contributed by atoms with van der Waals surface area (Å²) in [6.45, 7) is 5.56. The molecule has 0 radical (unpaired) electrons. The van der Waals surface area contributed by atoms with Gasteiger partial charge in [0.15, 0.2) is 0 Å². The maximum Gasteiger partial charge on any atom is 0.325 e. The molecule has 1 unspecified atom stereocenters. The Kier molecular flexibility index (Phi) is 4.54. The van der Waals surface area contributed by atoms with Gasteiger partial charge in [0.25, 0.3) is 5.91 Å². The van der Waals surface area contributed by atoms with Crippen LogP contribution in [-0.4, -0.2) is 34.8 Å². The van der Waals surface area contributed by atoms with Crippen LogP contribution in [0.5, 0.6) is 0 Å². The van der Waals surface area contributed by atoms with E-state index in [4.69, 9.17) is 0 Å². The van der Waals surface area contributed by atoms with Gasteiger partial charge in [0.1, 0.15) is 12.1 Å². The molecule has 1 aliphatic heterocycles. The average Bonchev–Trinajstić information content (AvgIpc) is 3.41. The Hall–Kier alpha value is -2.37. The number of aryl methyl sites for hydroxylation is 2. The first-order chi connectivity index (χ1) is 11.9. The number of nitrogens with zero attached hydrogens (tertiary/aromatic N) is 1. The van der Waals surface area contributed by atoms with Crippen molar-refractivity contribution in [2.75, 3.05) is 11.9 Å².